The Hall–Kier alpha value is -3.17. The van der Waals surface area contributed by atoms with Gasteiger partial charge in [-0.05, 0) is 87.8 Å². The number of aryl methyl sites for hydroxylation is 2. The molecule has 0 amide bonds. The van der Waals surface area contributed by atoms with Crippen LogP contribution in [0, 0.1) is 0 Å². The van der Waals surface area contributed by atoms with Crippen LogP contribution in [0.3, 0.4) is 0 Å². The second-order valence-corrected chi connectivity index (χ2v) is 8.51. The van der Waals surface area contributed by atoms with Crippen LogP contribution < -0.4 is 10.2 Å². The van der Waals surface area contributed by atoms with Crippen LogP contribution in [-0.4, -0.2) is 46.7 Å². The molecule has 1 fully saturated rings. The Morgan fingerprint density at radius 2 is 1.19 bits per heavy atom. The van der Waals surface area contributed by atoms with Crippen molar-refractivity contribution in [2.75, 3.05) is 0 Å². The fourth-order valence-corrected chi connectivity index (χ4v) is 3.64. The molecular weight excluding hydrogens is 519 g/mol. The number of carboxylic acid groups (broad SMARTS) is 2. The molecule has 0 aliphatic heterocycles. The quantitative estimate of drug-likeness (QED) is 0.524. The van der Waals surface area contributed by atoms with Crippen LogP contribution in [-0.2, 0) is 39.2 Å². The van der Waals surface area contributed by atoms with Crippen molar-refractivity contribution >= 4 is 24.4 Å². The molecule has 2 aromatic carbocycles. The predicted octanol–water partition coefficient (Wildman–Crippen LogP) is 2.58. The number of benzene rings is 2. The molecule has 2 unspecified atom stereocenters. The van der Waals surface area contributed by atoms with Gasteiger partial charge < -0.3 is 30.0 Å². The van der Waals surface area contributed by atoms with Crippen molar-refractivity contribution in [2.45, 2.75) is 78.3 Å². The first-order valence-corrected chi connectivity index (χ1v) is 12.1. The number of carbonyl (C=O) groups excluding carboxylic acids is 2. The first kappa shape index (κ1) is 33.8. The van der Waals surface area contributed by atoms with Gasteiger partial charge in [-0.3, -0.25) is 9.98 Å². The first-order valence-electron chi connectivity index (χ1n) is 12.1. The van der Waals surface area contributed by atoms with Crippen LogP contribution in [0.5, 0.6) is 11.5 Å². The molecule has 1 aliphatic rings. The summed E-state index contributed by atoms with van der Waals surface area (Å²) in [6.07, 6.45) is 9.58. The van der Waals surface area contributed by atoms with Gasteiger partial charge >= 0.3 is 16.8 Å². The number of rotatable bonds is 6. The van der Waals surface area contributed by atoms with Crippen molar-refractivity contribution in [3.8, 4) is 11.5 Å². The maximum Gasteiger partial charge on any atom is 2.00 e. The number of phenolic OH excluding ortho intramolecular Hbond substituents is 2. The minimum Gasteiger partial charge on any atom is -0.550 e. The van der Waals surface area contributed by atoms with Crippen LogP contribution in [0.4, 0.5) is 0 Å². The van der Waals surface area contributed by atoms with E-state index < -0.39 is 11.9 Å². The van der Waals surface area contributed by atoms with E-state index in [4.69, 9.17) is 29.8 Å². The molecule has 1 saturated carbocycles. The molecule has 2 atom stereocenters. The summed E-state index contributed by atoms with van der Waals surface area (Å²) in [6, 6.07) is 11.8. The van der Waals surface area contributed by atoms with E-state index in [1.807, 2.05) is 36.7 Å². The SMILES string of the molecule is CC(=O)[O-].CC(=O)[O-].CCc1ccc(O)c(C=NC2CCCC(N=Cc3cc(CC)ccc3O)C2)c1.[Co+2]. The zero-order chi connectivity index (χ0) is 27.1. The van der Waals surface area contributed by atoms with Gasteiger partial charge in [-0.1, -0.05) is 26.0 Å². The minimum absolute atomic E-state index is 0. The van der Waals surface area contributed by atoms with Crippen molar-refractivity contribution in [1.82, 2.24) is 0 Å². The largest absolute Gasteiger partial charge is 2.00 e. The molecule has 2 aromatic rings. The van der Waals surface area contributed by atoms with Crippen LogP contribution in [0.2, 0.25) is 0 Å². The van der Waals surface area contributed by atoms with E-state index in [0.29, 0.717) is 0 Å². The average molecular weight is 556 g/mol. The summed E-state index contributed by atoms with van der Waals surface area (Å²) in [4.78, 5) is 27.2. The third-order valence-corrected chi connectivity index (χ3v) is 5.47. The van der Waals surface area contributed by atoms with Crippen molar-refractivity contribution in [2.24, 2.45) is 9.98 Å². The summed E-state index contributed by atoms with van der Waals surface area (Å²) in [5.41, 5.74) is 3.96. The van der Waals surface area contributed by atoms with Crippen molar-refractivity contribution in [3.63, 3.8) is 0 Å². The first-order chi connectivity index (χ1) is 17.0. The Morgan fingerprint density at radius 3 is 1.51 bits per heavy atom. The number of aromatic hydroxyl groups is 2. The summed E-state index contributed by atoms with van der Waals surface area (Å²) < 4.78 is 0. The molecule has 9 heteroatoms. The number of aliphatic carboxylic acids is 2. The maximum atomic E-state index is 10.1. The number of hydrogen-bond acceptors (Lipinski definition) is 8. The smallest absolute Gasteiger partial charge is 0.550 e. The Balaban J connectivity index is 0.00000127. The van der Waals surface area contributed by atoms with Crippen molar-refractivity contribution in [3.05, 3.63) is 58.7 Å². The summed E-state index contributed by atoms with van der Waals surface area (Å²) in [6.45, 7) is 6.15. The van der Waals surface area contributed by atoms with Gasteiger partial charge in [0.1, 0.15) is 11.5 Å². The van der Waals surface area contributed by atoms with Crippen molar-refractivity contribution < 1.29 is 46.8 Å². The van der Waals surface area contributed by atoms with E-state index in [1.54, 1.807) is 12.1 Å². The molecule has 3 rings (SSSR count). The molecule has 1 aliphatic carbocycles. The van der Waals surface area contributed by atoms with Gasteiger partial charge in [0.2, 0.25) is 0 Å². The summed E-state index contributed by atoms with van der Waals surface area (Å²) in [7, 11) is 0. The normalized spacial score (nSPS) is 16.6. The number of carboxylic acids is 2. The van der Waals surface area contributed by atoms with Gasteiger partial charge in [-0.2, -0.15) is 0 Å². The second kappa shape index (κ2) is 18.1. The van der Waals surface area contributed by atoms with Gasteiger partial charge in [0.05, 0.1) is 12.1 Å². The molecule has 2 N–H and O–H groups in total. The van der Waals surface area contributed by atoms with Gasteiger partial charge in [-0.15, -0.1) is 0 Å². The minimum atomic E-state index is -1.08. The molecule has 1 radical (unpaired) electrons. The number of aliphatic imine (C=N–C) groups is 2. The number of nitrogens with zero attached hydrogens (tertiary/aromatic N) is 2. The number of carbonyl (C=O) groups is 2. The summed E-state index contributed by atoms with van der Waals surface area (Å²) in [5, 5.41) is 37.9. The second-order valence-electron chi connectivity index (χ2n) is 8.51. The molecule has 0 saturated heterocycles. The zero-order valence-electron chi connectivity index (χ0n) is 21.8. The van der Waals surface area contributed by atoms with Gasteiger partial charge in [0, 0.05) is 35.5 Å². The Morgan fingerprint density at radius 1 is 0.838 bits per heavy atom. The van der Waals surface area contributed by atoms with E-state index in [-0.39, 0.29) is 40.4 Å². The molecule has 0 heterocycles. The molecule has 0 bridgehead atoms. The zero-order valence-corrected chi connectivity index (χ0v) is 22.8. The Labute approximate surface area is 229 Å². The molecule has 37 heavy (non-hydrogen) atoms. The van der Waals surface area contributed by atoms with Gasteiger partial charge in [-0.25, -0.2) is 0 Å². The van der Waals surface area contributed by atoms with E-state index in [9.17, 15) is 10.2 Å². The Bertz CT molecular complexity index is 965. The van der Waals surface area contributed by atoms with Crippen molar-refractivity contribution in [1.29, 1.82) is 0 Å². The van der Waals surface area contributed by atoms with Crippen LogP contribution in [0.25, 0.3) is 0 Å². The average Bonchev–Trinajstić information content (AvgIpc) is 2.82. The summed E-state index contributed by atoms with van der Waals surface area (Å²) in [5.74, 6) is -1.62. The molecule has 0 spiro atoms. The third-order valence-electron chi connectivity index (χ3n) is 5.47. The standard InChI is InChI=1S/C24H30N2O2.2C2H4O2.Co/c1-3-17-8-10-23(27)19(12-17)15-25-21-6-5-7-22(14-21)26-16-20-13-18(4-2)9-11-24(20)28;2*1-2(3)4;/h8-13,15-16,21-22,27-28H,3-7,14H2,1-2H3;2*1H3,(H,3,4);/q;;;+2/p-2. The monoisotopic (exact) mass is 555 g/mol. The van der Waals surface area contributed by atoms with Crippen LogP contribution in [0.1, 0.15) is 75.6 Å². The van der Waals surface area contributed by atoms with E-state index in [2.05, 4.69) is 13.8 Å². The molecule has 8 nitrogen and oxygen atoms in total. The predicted molar refractivity (Wildman–Crippen MR) is 138 cm³/mol. The third kappa shape index (κ3) is 14.2. The van der Waals surface area contributed by atoms with E-state index >= 15 is 0 Å². The van der Waals surface area contributed by atoms with Gasteiger partial charge in [0.25, 0.3) is 0 Å². The maximum absolute atomic E-state index is 10.1. The number of phenols is 2. The van der Waals surface area contributed by atoms with Crippen LogP contribution >= 0.6 is 0 Å². The van der Waals surface area contributed by atoms with E-state index in [1.165, 1.54) is 11.1 Å². The molecular formula is C28H36CoN2O6. The van der Waals surface area contributed by atoms with Gasteiger partial charge in [0.15, 0.2) is 0 Å². The van der Waals surface area contributed by atoms with Crippen LogP contribution in [0.15, 0.2) is 46.4 Å². The topological polar surface area (TPSA) is 145 Å². The van der Waals surface area contributed by atoms with E-state index in [0.717, 1.165) is 63.5 Å². The fraction of sp³-hybridized carbons (Fsp3) is 0.429. The molecule has 0 aromatic heterocycles. The Kier molecular flexibility index (Phi) is 16.6. The molecule has 203 valence electrons. The fourth-order valence-electron chi connectivity index (χ4n) is 3.64. The summed E-state index contributed by atoms with van der Waals surface area (Å²) >= 11 is 0. The number of hydrogen-bond donors (Lipinski definition) is 2.